The highest BCUT2D eigenvalue weighted by molar-refractivity contribution is 7.99. The number of aromatic nitrogens is 1. The first kappa shape index (κ1) is 13.7. The predicted octanol–water partition coefficient (Wildman–Crippen LogP) is 5.02. The molecule has 0 atom stereocenters. The monoisotopic (exact) mass is 312 g/mol. The number of oxazole rings is 1. The van der Waals surface area contributed by atoms with Crippen LogP contribution < -0.4 is 0 Å². The molecule has 1 heterocycles. The van der Waals surface area contributed by atoms with Crippen LogP contribution in [0.25, 0.3) is 11.5 Å². The van der Waals surface area contributed by atoms with Gasteiger partial charge in [-0.15, -0.1) is 0 Å². The number of nitrogens with zero attached hydrogens (tertiary/aromatic N) is 2. The van der Waals surface area contributed by atoms with Crippen molar-refractivity contribution in [3.05, 3.63) is 65.3 Å². The van der Waals surface area contributed by atoms with Crippen molar-refractivity contribution in [3.8, 4) is 17.5 Å². The molecule has 0 saturated heterocycles. The van der Waals surface area contributed by atoms with Crippen molar-refractivity contribution in [2.45, 2.75) is 9.99 Å². The Hall–Kier alpha value is -2.22. The minimum absolute atomic E-state index is 0.286. The standard InChI is InChI=1S/C16H9ClN2OS/c17-12-8-6-11(7-9-12)15-19-14(10-18)16(20-15)21-13-4-2-1-3-5-13/h1-9H. The van der Waals surface area contributed by atoms with Gasteiger partial charge in [-0.25, -0.2) is 0 Å². The van der Waals surface area contributed by atoms with E-state index in [0.717, 1.165) is 10.5 Å². The number of hydrogen-bond donors (Lipinski definition) is 0. The number of nitriles is 1. The second-order valence-electron chi connectivity index (χ2n) is 4.19. The molecule has 3 aromatic rings. The third-order valence-electron chi connectivity index (χ3n) is 2.75. The SMILES string of the molecule is N#Cc1nc(-c2ccc(Cl)cc2)oc1Sc1ccccc1. The first-order valence-corrected chi connectivity index (χ1v) is 7.35. The van der Waals surface area contributed by atoms with E-state index in [2.05, 4.69) is 11.1 Å². The summed E-state index contributed by atoms with van der Waals surface area (Å²) in [4.78, 5) is 5.23. The summed E-state index contributed by atoms with van der Waals surface area (Å²) in [7, 11) is 0. The summed E-state index contributed by atoms with van der Waals surface area (Å²) in [5.74, 6) is 0.418. The summed E-state index contributed by atoms with van der Waals surface area (Å²) in [6.45, 7) is 0. The fraction of sp³-hybridized carbons (Fsp3) is 0. The molecule has 0 radical (unpaired) electrons. The Kier molecular flexibility index (Phi) is 3.96. The van der Waals surface area contributed by atoms with Gasteiger partial charge in [-0.05, 0) is 48.2 Å². The van der Waals surface area contributed by atoms with E-state index in [0.29, 0.717) is 16.0 Å². The summed E-state index contributed by atoms with van der Waals surface area (Å²) in [6.07, 6.45) is 0. The van der Waals surface area contributed by atoms with Gasteiger partial charge in [0.1, 0.15) is 6.07 Å². The third-order valence-corrected chi connectivity index (χ3v) is 3.97. The molecule has 0 unspecified atom stereocenters. The van der Waals surface area contributed by atoms with Crippen LogP contribution in [-0.2, 0) is 0 Å². The first-order valence-electron chi connectivity index (χ1n) is 6.16. The summed E-state index contributed by atoms with van der Waals surface area (Å²) in [5, 5.41) is 10.3. The average molecular weight is 313 g/mol. The molecule has 0 N–H and O–H groups in total. The van der Waals surface area contributed by atoms with Crippen LogP contribution in [0.2, 0.25) is 5.02 Å². The van der Waals surface area contributed by atoms with Gasteiger partial charge in [-0.3, -0.25) is 0 Å². The molecule has 0 aliphatic heterocycles. The quantitative estimate of drug-likeness (QED) is 0.681. The Labute approximate surface area is 131 Å². The molecule has 21 heavy (non-hydrogen) atoms. The van der Waals surface area contributed by atoms with Gasteiger partial charge in [0, 0.05) is 15.5 Å². The molecule has 0 saturated carbocycles. The highest BCUT2D eigenvalue weighted by atomic mass is 35.5. The normalized spacial score (nSPS) is 10.3. The zero-order valence-corrected chi connectivity index (χ0v) is 12.4. The topological polar surface area (TPSA) is 49.8 Å². The Morgan fingerprint density at radius 3 is 2.43 bits per heavy atom. The second kappa shape index (κ2) is 6.04. The molecule has 1 aromatic heterocycles. The van der Waals surface area contributed by atoms with Gasteiger partial charge in [0.05, 0.1) is 0 Å². The molecule has 0 fully saturated rings. The van der Waals surface area contributed by atoms with Crippen LogP contribution in [0.1, 0.15) is 5.69 Å². The maximum atomic E-state index is 9.19. The fourth-order valence-electron chi connectivity index (χ4n) is 1.76. The van der Waals surface area contributed by atoms with Crippen molar-refractivity contribution in [2.24, 2.45) is 0 Å². The molecular weight excluding hydrogens is 304 g/mol. The van der Waals surface area contributed by atoms with Crippen molar-refractivity contribution < 1.29 is 4.42 Å². The summed E-state index contributed by atoms with van der Waals surface area (Å²) in [6, 6.07) is 18.9. The Morgan fingerprint density at radius 2 is 1.76 bits per heavy atom. The first-order chi connectivity index (χ1) is 10.3. The van der Waals surface area contributed by atoms with E-state index in [-0.39, 0.29) is 5.69 Å². The number of rotatable bonds is 3. The summed E-state index contributed by atoms with van der Waals surface area (Å²) in [5.41, 5.74) is 1.07. The number of benzene rings is 2. The largest absolute Gasteiger partial charge is 0.428 e. The molecule has 0 spiro atoms. The van der Waals surface area contributed by atoms with Crippen molar-refractivity contribution >= 4 is 23.4 Å². The van der Waals surface area contributed by atoms with E-state index in [9.17, 15) is 5.26 Å². The van der Waals surface area contributed by atoms with Crippen LogP contribution in [-0.4, -0.2) is 4.98 Å². The van der Waals surface area contributed by atoms with Gasteiger partial charge in [-0.1, -0.05) is 29.8 Å². The van der Waals surface area contributed by atoms with E-state index in [4.69, 9.17) is 16.0 Å². The van der Waals surface area contributed by atoms with Crippen molar-refractivity contribution in [1.82, 2.24) is 4.98 Å². The van der Waals surface area contributed by atoms with E-state index in [1.165, 1.54) is 11.8 Å². The van der Waals surface area contributed by atoms with E-state index in [1.54, 1.807) is 12.1 Å². The lowest BCUT2D eigenvalue weighted by atomic mass is 10.2. The van der Waals surface area contributed by atoms with Crippen LogP contribution >= 0.6 is 23.4 Å². The Morgan fingerprint density at radius 1 is 1.05 bits per heavy atom. The van der Waals surface area contributed by atoms with Gasteiger partial charge in [0.15, 0.2) is 5.69 Å². The molecule has 2 aromatic carbocycles. The lowest BCUT2D eigenvalue weighted by Crippen LogP contribution is -1.78. The van der Waals surface area contributed by atoms with Gasteiger partial charge in [0.25, 0.3) is 0 Å². The fourth-order valence-corrected chi connectivity index (χ4v) is 2.70. The molecular formula is C16H9ClN2OS. The Balaban J connectivity index is 1.95. The van der Waals surface area contributed by atoms with Gasteiger partial charge >= 0.3 is 0 Å². The second-order valence-corrected chi connectivity index (χ2v) is 5.67. The average Bonchev–Trinajstić information content (AvgIpc) is 2.92. The van der Waals surface area contributed by atoms with Crippen LogP contribution in [0.4, 0.5) is 0 Å². The molecule has 0 aliphatic carbocycles. The molecule has 0 amide bonds. The molecule has 5 heteroatoms. The minimum Gasteiger partial charge on any atom is -0.428 e. The molecule has 3 nitrogen and oxygen atoms in total. The Bertz CT molecular complexity index is 791. The van der Waals surface area contributed by atoms with Crippen molar-refractivity contribution in [3.63, 3.8) is 0 Å². The van der Waals surface area contributed by atoms with E-state index in [1.807, 2.05) is 42.5 Å². The van der Waals surface area contributed by atoms with Crippen LogP contribution in [0, 0.1) is 11.3 Å². The lowest BCUT2D eigenvalue weighted by molar-refractivity contribution is 0.483. The summed E-state index contributed by atoms with van der Waals surface area (Å²) < 4.78 is 5.72. The van der Waals surface area contributed by atoms with Crippen LogP contribution in [0.3, 0.4) is 0 Å². The van der Waals surface area contributed by atoms with Gasteiger partial charge < -0.3 is 4.42 Å². The van der Waals surface area contributed by atoms with E-state index >= 15 is 0 Å². The molecule has 0 bridgehead atoms. The minimum atomic E-state index is 0.286. The highest BCUT2D eigenvalue weighted by Gasteiger charge is 2.15. The van der Waals surface area contributed by atoms with Crippen molar-refractivity contribution in [1.29, 1.82) is 5.26 Å². The third kappa shape index (κ3) is 3.10. The molecule has 3 rings (SSSR count). The summed E-state index contributed by atoms with van der Waals surface area (Å²) >= 11 is 7.24. The van der Waals surface area contributed by atoms with E-state index < -0.39 is 0 Å². The maximum absolute atomic E-state index is 9.19. The zero-order valence-electron chi connectivity index (χ0n) is 10.8. The number of halogens is 1. The molecule has 102 valence electrons. The maximum Gasteiger partial charge on any atom is 0.228 e. The lowest BCUT2D eigenvalue weighted by Gasteiger charge is -1.97. The highest BCUT2D eigenvalue weighted by Crippen LogP contribution is 2.33. The van der Waals surface area contributed by atoms with Gasteiger partial charge in [-0.2, -0.15) is 10.2 Å². The van der Waals surface area contributed by atoms with Gasteiger partial charge in [0.2, 0.25) is 11.0 Å². The smallest absolute Gasteiger partial charge is 0.228 e. The number of hydrogen-bond acceptors (Lipinski definition) is 4. The predicted molar refractivity (Wildman–Crippen MR) is 82.2 cm³/mol. The van der Waals surface area contributed by atoms with Crippen LogP contribution in [0.5, 0.6) is 0 Å². The zero-order chi connectivity index (χ0) is 14.7. The molecule has 0 aliphatic rings. The van der Waals surface area contributed by atoms with Crippen LogP contribution in [0.15, 0.2) is 69.0 Å². The van der Waals surface area contributed by atoms with Crippen molar-refractivity contribution in [2.75, 3.05) is 0 Å².